The van der Waals surface area contributed by atoms with E-state index < -0.39 is 0 Å². The molecule has 36 heavy (non-hydrogen) atoms. The molecular formula is C26H30N6O4. The van der Waals surface area contributed by atoms with Crippen LogP contribution in [0, 0.1) is 0 Å². The molecule has 0 atom stereocenters. The number of benzene rings is 1. The van der Waals surface area contributed by atoms with Crippen LogP contribution in [0.1, 0.15) is 6.92 Å². The van der Waals surface area contributed by atoms with Gasteiger partial charge in [-0.2, -0.15) is 4.98 Å². The number of nitrogens with zero attached hydrogens (tertiary/aromatic N) is 5. The van der Waals surface area contributed by atoms with Crippen molar-refractivity contribution in [1.29, 1.82) is 0 Å². The summed E-state index contributed by atoms with van der Waals surface area (Å²) < 4.78 is 18.1. The summed E-state index contributed by atoms with van der Waals surface area (Å²) in [6.45, 7) is 3.67. The summed E-state index contributed by atoms with van der Waals surface area (Å²) >= 11 is 0. The van der Waals surface area contributed by atoms with Crippen LogP contribution in [0.5, 0.6) is 17.4 Å². The molecule has 10 nitrogen and oxygen atoms in total. The molecule has 0 radical (unpaired) electrons. The van der Waals surface area contributed by atoms with Crippen LogP contribution in [-0.4, -0.2) is 65.9 Å². The van der Waals surface area contributed by atoms with Gasteiger partial charge in [0.1, 0.15) is 23.8 Å². The number of pyridine rings is 2. The van der Waals surface area contributed by atoms with E-state index in [1.54, 1.807) is 55.4 Å². The molecule has 0 saturated carbocycles. The van der Waals surface area contributed by atoms with Gasteiger partial charge in [0.05, 0.1) is 14.2 Å². The van der Waals surface area contributed by atoms with Crippen molar-refractivity contribution in [3.63, 3.8) is 0 Å². The zero-order valence-electron chi connectivity index (χ0n) is 21.1. The normalized spacial score (nSPS) is 11.1. The molecule has 1 N–H and O–H groups in total. The lowest BCUT2D eigenvalue weighted by molar-refractivity contribution is 0.254. The molecule has 0 aliphatic rings. The van der Waals surface area contributed by atoms with Gasteiger partial charge in [0.2, 0.25) is 11.8 Å². The van der Waals surface area contributed by atoms with E-state index in [0.717, 1.165) is 17.6 Å². The van der Waals surface area contributed by atoms with Crippen LogP contribution in [0.2, 0.25) is 0 Å². The fraction of sp³-hybridized carbons (Fsp3) is 0.308. The number of methoxy groups -OCH3 is 2. The number of nitrogens with one attached hydrogen (secondary N) is 1. The highest BCUT2D eigenvalue weighted by atomic mass is 16.5. The first kappa shape index (κ1) is 24.9. The first-order chi connectivity index (χ1) is 17.4. The van der Waals surface area contributed by atoms with Crippen molar-refractivity contribution in [3.05, 3.63) is 59.1 Å². The zero-order chi connectivity index (χ0) is 25.7. The van der Waals surface area contributed by atoms with Crippen LogP contribution in [0.25, 0.3) is 22.2 Å². The number of ether oxygens (including phenoxy) is 3. The molecule has 3 heterocycles. The van der Waals surface area contributed by atoms with Gasteiger partial charge < -0.3 is 24.4 Å². The molecule has 0 bridgehead atoms. The van der Waals surface area contributed by atoms with Crippen molar-refractivity contribution >= 4 is 22.7 Å². The highest BCUT2D eigenvalue weighted by molar-refractivity contribution is 5.82. The maximum Gasteiger partial charge on any atom is 0.260 e. The van der Waals surface area contributed by atoms with E-state index in [4.69, 9.17) is 14.2 Å². The van der Waals surface area contributed by atoms with Gasteiger partial charge in [0.15, 0.2) is 0 Å². The molecule has 0 saturated heterocycles. The lowest BCUT2D eigenvalue weighted by atomic mass is 10.1. The van der Waals surface area contributed by atoms with Gasteiger partial charge >= 0.3 is 0 Å². The van der Waals surface area contributed by atoms with Gasteiger partial charge in [0, 0.05) is 54.3 Å². The van der Waals surface area contributed by atoms with Gasteiger partial charge in [-0.05, 0) is 50.8 Å². The summed E-state index contributed by atoms with van der Waals surface area (Å²) in [6.07, 6.45) is 3.36. The van der Waals surface area contributed by atoms with E-state index in [1.165, 1.54) is 0 Å². The molecule has 4 aromatic rings. The zero-order valence-corrected chi connectivity index (χ0v) is 21.1. The molecule has 4 rings (SSSR count). The predicted octanol–water partition coefficient (Wildman–Crippen LogP) is 3.57. The fourth-order valence-electron chi connectivity index (χ4n) is 3.71. The van der Waals surface area contributed by atoms with Crippen molar-refractivity contribution in [2.75, 3.05) is 46.8 Å². The minimum absolute atomic E-state index is 0.162. The summed E-state index contributed by atoms with van der Waals surface area (Å²) in [5.74, 6) is 2.08. The van der Waals surface area contributed by atoms with Crippen LogP contribution in [0.3, 0.4) is 0 Å². The Hall–Kier alpha value is -4.18. The van der Waals surface area contributed by atoms with Crippen molar-refractivity contribution in [2.45, 2.75) is 13.5 Å². The molecule has 0 spiro atoms. The van der Waals surface area contributed by atoms with Crippen molar-refractivity contribution in [3.8, 4) is 28.5 Å². The number of hydrogen-bond donors (Lipinski definition) is 1. The van der Waals surface area contributed by atoms with E-state index in [1.807, 2.05) is 38.1 Å². The SMILES string of the molecule is CCn1c(=O)c(-c2cc(OC)cc(OC)c2)cc2cnc(Nc3ccnc(OCCN(C)C)c3)nc21. The molecule has 0 aliphatic heterocycles. The summed E-state index contributed by atoms with van der Waals surface area (Å²) in [5.41, 5.74) is 2.32. The lowest BCUT2D eigenvalue weighted by Crippen LogP contribution is -2.22. The van der Waals surface area contributed by atoms with Gasteiger partial charge in [-0.25, -0.2) is 9.97 Å². The molecule has 0 aliphatic carbocycles. The Morgan fingerprint density at radius 3 is 2.44 bits per heavy atom. The van der Waals surface area contributed by atoms with Crippen molar-refractivity contribution < 1.29 is 14.2 Å². The third kappa shape index (κ3) is 5.55. The van der Waals surface area contributed by atoms with Crippen LogP contribution in [0.4, 0.5) is 11.6 Å². The smallest absolute Gasteiger partial charge is 0.260 e. The summed E-state index contributed by atoms with van der Waals surface area (Å²) in [5, 5.41) is 3.92. The fourth-order valence-corrected chi connectivity index (χ4v) is 3.71. The molecule has 3 aromatic heterocycles. The molecule has 10 heteroatoms. The number of hydrogen-bond acceptors (Lipinski definition) is 9. The Kier molecular flexibility index (Phi) is 7.65. The lowest BCUT2D eigenvalue weighted by Gasteiger charge is -2.14. The highest BCUT2D eigenvalue weighted by Gasteiger charge is 2.15. The third-order valence-electron chi connectivity index (χ3n) is 5.59. The predicted molar refractivity (Wildman–Crippen MR) is 140 cm³/mol. The molecule has 1 aromatic carbocycles. The summed E-state index contributed by atoms with van der Waals surface area (Å²) in [4.78, 5) is 28.8. The van der Waals surface area contributed by atoms with Crippen LogP contribution in [0.15, 0.2) is 53.6 Å². The minimum Gasteiger partial charge on any atom is -0.497 e. The molecule has 0 fully saturated rings. The van der Waals surface area contributed by atoms with Gasteiger partial charge in [0.25, 0.3) is 5.56 Å². The van der Waals surface area contributed by atoms with E-state index in [2.05, 4.69) is 20.3 Å². The number of likely N-dealkylation sites (N-methyl/N-ethyl adjacent to an activating group) is 1. The average molecular weight is 491 g/mol. The topological polar surface area (TPSA) is 104 Å². The second kappa shape index (κ2) is 11.0. The van der Waals surface area contributed by atoms with Crippen LogP contribution in [-0.2, 0) is 6.54 Å². The Morgan fingerprint density at radius 1 is 1.03 bits per heavy atom. The maximum atomic E-state index is 13.4. The Bertz CT molecular complexity index is 1400. The molecular weight excluding hydrogens is 460 g/mol. The van der Waals surface area contributed by atoms with Gasteiger partial charge in [-0.1, -0.05) is 0 Å². The van der Waals surface area contributed by atoms with Gasteiger partial charge in [-0.3, -0.25) is 9.36 Å². The minimum atomic E-state index is -0.162. The van der Waals surface area contributed by atoms with E-state index in [-0.39, 0.29) is 5.56 Å². The van der Waals surface area contributed by atoms with Gasteiger partial charge in [-0.15, -0.1) is 0 Å². The first-order valence-corrected chi connectivity index (χ1v) is 11.6. The van der Waals surface area contributed by atoms with Crippen LogP contribution < -0.4 is 25.1 Å². The second-order valence-electron chi connectivity index (χ2n) is 8.34. The standard InChI is InChI=1S/C26H30N6O4/c1-6-32-24-18(13-22(25(32)33)17-11-20(34-4)15-21(12-17)35-5)16-28-26(30-24)29-19-7-8-27-23(14-19)36-10-9-31(2)3/h7-8,11-16H,6,9-10H2,1-5H3,(H,27,28,29,30). The largest absolute Gasteiger partial charge is 0.497 e. The second-order valence-corrected chi connectivity index (χ2v) is 8.34. The third-order valence-corrected chi connectivity index (χ3v) is 5.59. The highest BCUT2D eigenvalue weighted by Crippen LogP contribution is 2.29. The Morgan fingerprint density at radius 2 is 1.78 bits per heavy atom. The summed E-state index contributed by atoms with van der Waals surface area (Å²) in [6, 6.07) is 10.8. The van der Waals surface area contributed by atoms with E-state index in [9.17, 15) is 4.79 Å². The summed E-state index contributed by atoms with van der Waals surface area (Å²) in [7, 11) is 7.12. The maximum absolute atomic E-state index is 13.4. The Balaban J connectivity index is 1.68. The molecule has 0 unspecified atom stereocenters. The first-order valence-electron chi connectivity index (χ1n) is 11.6. The monoisotopic (exact) mass is 490 g/mol. The average Bonchev–Trinajstić information content (AvgIpc) is 2.88. The van der Waals surface area contributed by atoms with Crippen LogP contribution >= 0.6 is 0 Å². The quantitative estimate of drug-likeness (QED) is 0.357. The number of rotatable bonds is 10. The van der Waals surface area contributed by atoms with E-state index >= 15 is 0 Å². The number of aryl methyl sites for hydroxylation is 1. The van der Waals surface area contributed by atoms with Crippen molar-refractivity contribution in [2.24, 2.45) is 0 Å². The number of aromatic nitrogens is 4. The molecule has 188 valence electrons. The number of anilines is 2. The molecule has 0 amide bonds. The van der Waals surface area contributed by atoms with E-state index in [0.29, 0.717) is 53.3 Å². The van der Waals surface area contributed by atoms with Crippen molar-refractivity contribution in [1.82, 2.24) is 24.4 Å². The Labute approximate surface area is 209 Å². The number of fused-ring (bicyclic) bond motifs is 1.